The molecule has 0 spiro atoms. The molecule has 3 fully saturated rings. The van der Waals surface area contributed by atoms with Crippen LogP contribution in [-0.2, 0) is 4.79 Å². The predicted octanol–water partition coefficient (Wildman–Crippen LogP) is -0.157. The lowest BCUT2D eigenvalue weighted by atomic mass is 9.72. The summed E-state index contributed by atoms with van der Waals surface area (Å²) in [5.74, 6) is 1.02. The van der Waals surface area contributed by atoms with Crippen LogP contribution in [0, 0.1) is 11.8 Å². The van der Waals surface area contributed by atoms with Crippen molar-refractivity contribution >= 4 is 17.5 Å². The molecule has 3 aliphatic heterocycles. The van der Waals surface area contributed by atoms with Gasteiger partial charge in [-0.25, -0.2) is 0 Å². The van der Waals surface area contributed by atoms with Crippen LogP contribution in [0.1, 0.15) is 36.0 Å². The molecule has 2 aromatic heterocycles. The van der Waals surface area contributed by atoms with Gasteiger partial charge in [-0.05, 0) is 60.2 Å². The molecule has 142 valence electrons. The summed E-state index contributed by atoms with van der Waals surface area (Å²) < 4.78 is 1.48. The zero-order valence-corrected chi connectivity index (χ0v) is 15.0. The summed E-state index contributed by atoms with van der Waals surface area (Å²) in [6.07, 6.45) is 5.44. The van der Waals surface area contributed by atoms with Crippen molar-refractivity contribution in [1.82, 2.24) is 35.6 Å². The minimum atomic E-state index is -0.167. The van der Waals surface area contributed by atoms with E-state index >= 15 is 0 Å². The zero-order chi connectivity index (χ0) is 18.4. The number of pyridine rings is 1. The van der Waals surface area contributed by atoms with Crippen LogP contribution in [0.4, 0.5) is 0 Å². The molecule has 0 unspecified atom stereocenters. The molecule has 0 aliphatic carbocycles. The third-order valence-electron chi connectivity index (χ3n) is 6.33. The summed E-state index contributed by atoms with van der Waals surface area (Å²) in [5.41, 5.74) is 1.10. The van der Waals surface area contributed by atoms with Gasteiger partial charge in [0.1, 0.15) is 0 Å². The number of nitrogens with zero attached hydrogens (tertiary/aromatic N) is 5. The van der Waals surface area contributed by atoms with E-state index in [1.165, 1.54) is 4.52 Å². The average Bonchev–Trinajstić information content (AvgIpc) is 3.16. The van der Waals surface area contributed by atoms with Crippen LogP contribution < -0.4 is 10.6 Å². The van der Waals surface area contributed by atoms with Crippen LogP contribution in [0.5, 0.6) is 0 Å². The number of hydrogen-bond donors (Lipinski definition) is 2. The van der Waals surface area contributed by atoms with Gasteiger partial charge in [-0.15, -0.1) is 5.10 Å². The number of carbonyl (C=O) groups excluding carboxylic acids is 2. The van der Waals surface area contributed by atoms with Gasteiger partial charge in [0.15, 0.2) is 5.65 Å². The molecule has 2 N–H and O–H groups in total. The first kappa shape index (κ1) is 16.6. The maximum absolute atomic E-state index is 12.7. The van der Waals surface area contributed by atoms with Crippen LogP contribution >= 0.6 is 0 Å². The van der Waals surface area contributed by atoms with E-state index in [2.05, 4.69) is 31.1 Å². The minimum absolute atomic E-state index is 0.0626. The number of nitrogens with one attached hydrogen (secondary N) is 2. The van der Waals surface area contributed by atoms with Crippen molar-refractivity contribution in [1.29, 1.82) is 0 Å². The number of fused-ring (bicyclic) bond motifs is 5. The molecule has 0 saturated carbocycles. The molecule has 9 nitrogen and oxygen atoms in total. The Hall–Kier alpha value is -2.55. The SMILES string of the molecule is O=C(NC[C@H]1[C@@H]2CNC[C@@H](C2)[C@@H]2CCCC(=O)N21)c1ccc2nnnn2c1. The molecule has 2 bridgehead atoms. The first-order valence-electron chi connectivity index (χ1n) is 9.68. The van der Waals surface area contributed by atoms with E-state index in [1.54, 1.807) is 18.3 Å². The molecule has 3 aliphatic rings. The number of piperidine rings is 3. The lowest BCUT2D eigenvalue weighted by molar-refractivity contribution is -0.148. The van der Waals surface area contributed by atoms with E-state index in [0.717, 1.165) is 32.4 Å². The summed E-state index contributed by atoms with van der Waals surface area (Å²) in [6, 6.07) is 3.81. The zero-order valence-electron chi connectivity index (χ0n) is 15.0. The Morgan fingerprint density at radius 1 is 1.30 bits per heavy atom. The van der Waals surface area contributed by atoms with Crippen LogP contribution in [0.2, 0.25) is 0 Å². The van der Waals surface area contributed by atoms with Crippen molar-refractivity contribution in [3.05, 3.63) is 23.9 Å². The lowest BCUT2D eigenvalue weighted by Crippen LogP contribution is -2.66. The summed E-state index contributed by atoms with van der Waals surface area (Å²) >= 11 is 0. The van der Waals surface area contributed by atoms with E-state index in [-0.39, 0.29) is 17.9 Å². The van der Waals surface area contributed by atoms with Gasteiger partial charge in [-0.2, -0.15) is 4.52 Å². The van der Waals surface area contributed by atoms with Gasteiger partial charge in [0.25, 0.3) is 5.91 Å². The number of carbonyl (C=O) groups is 2. The van der Waals surface area contributed by atoms with Crippen molar-refractivity contribution in [3.63, 3.8) is 0 Å². The third kappa shape index (κ3) is 2.86. The Morgan fingerprint density at radius 3 is 3.11 bits per heavy atom. The second-order valence-electron chi connectivity index (χ2n) is 7.85. The van der Waals surface area contributed by atoms with Crippen LogP contribution in [0.25, 0.3) is 5.65 Å². The topological polar surface area (TPSA) is 105 Å². The van der Waals surface area contributed by atoms with E-state index in [4.69, 9.17) is 0 Å². The highest BCUT2D eigenvalue weighted by Gasteiger charge is 2.47. The predicted molar refractivity (Wildman–Crippen MR) is 95.9 cm³/mol. The van der Waals surface area contributed by atoms with Crippen molar-refractivity contribution < 1.29 is 9.59 Å². The highest BCUT2D eigenvalue weighted by Crippen LogP contribution is 2.39. The van der Waals surface area contributed by atoms with Gasteiger partial charge in [0.05, 0.1) is 11.6 Å². The van der Waals surface area contributed by atoms with Crippen LogP contribution in [0.3, 0.4) is 0 Å². The molecule has 2 aromatic rings. The van der Waals surface area contributed by atoms with Gasteiger partial charge in [0.2, 0.25) is 5.91 Å². The van der Waals surface area contributed by atoms with Gasteiger partial charge in [-0.1, -0.05) is 0 Å². The maximum Gasteiger partial charge on any atom is 0.252 e. The van der Waals surface area contributed by atoms with Gasteiger partial charge in [-0.3, -0.25) is 9.59 Å². The standard InChI is InChI=1S/C18H23N7O2/c26-17-3-1-2-14-12-6-13(8-19-7-12)15(25(14)17)9-20-18(27)11-4-5-16-21-22-23-24(16)10-11/h4-5,10,12-15,19H,1-3,6-9H2,(H,20,27)/t12-,13+,14+,15+/m1/s1. The van der Waals surface area contributed by atoms with Crippen molar-refractivity contribution in [3.8, 4) is 0 Å². The number of aromatic nitrogens is 4. The minimum Gasteiger partial charge on any atom is -0.350 e. The third-order valence-corrected chi connectivity index (χ3v) is 6.33. The van der Waals surface area contributed by atoms with E-state index < -0.39 is 0 Å². The molecule has 27 heavy (non-hydrogen) atoms. The monoisotopic (exact) mass is 369 g/mol. The molecule has 9 heteroatoms. The first-order chi connectivity index (χ1) is 13.2. The Labute approximate surface area is 156 Å². The molecule has 5 heterocycles. The quantitative estimate of drug-likeness (QED) is 0.779. The smallest absolute Gasteiger partial charge is 0.252 e. The van der Waals surface area contributed by atoms with Crippen LogP contribution in [0.15, 0.2) is 18.3 Å². The highest BCUT2D eigenvalue weighted by atomic mass is 16.2. The fourth-order valence-corrected chi connectivity index (χ4v) is 5.07. The Kier molecular flexibility index (Phi) is 4.04. The summed E-state index contributed by atoms with van der Waals surface area (Å²) in [4.78, 5) is 27.4. The Bertz CT molecular complexity index is 881. The highest BCUT2D eigenvalue weighted by molar-refractivity contribution is 5.94. The largest absolute Gasteiger partial charge is 0.350 e. The van der Waals surface area contributed by atoms with Crippen molar-refractivity contribution in [2.75, 3.05) is 19.6 Å². The molecular formula is C18H23N7O2. The first-order valence-corrected chi connectivity index (χ1v) is 9.68. The van der Waals surface area contributed by atoms with Gasteiger partial charge >= 0.3 is 0 Å². The normalized spacial score (nSPS) is 30.2. The van der Waals surface area contributed by atoms with E-state index in [1.807, 2.05) is 0 Å². The molecule has 4 atom stereocenters. The molecular weight excluding hydrogens is 346 g/mol. The fraction of sp³-hybridized carbons (Fsp3) is 0.611. The average molecular weight is 369 g/mol. The fourth-order valence-electron chi connectivity index (χ4n) is 5.07. The Morgan fingerprint density at radius 2 is 2.19 bits per heavy atom. The van der Waals surface area contributed by atoms with Crippen LogP contribution in [-0.4, -0.2) is 68.5 Å². The van der Waals surface area contributed by atoms with E-state index in [9.17, 15) is 9.59 Å². The summed E-state index contributed by atoms with van der Waals surface area (Å²) in [6.45, 7) is 2.38. The van der Waals surface area contributed by atoms with Gasteiger partial charge < -0.3 is 15.5 Å². The molecule has 3 saturated heterocycles. The lowest BCUT2D eigenvalue weighted by Gasteiger charge is -2.54. The number of tetrazole rings is 1. The van der Waals surface area contributed by atoms with Crippen molar-refractivity contribution in [2.24, 2.45) is 11.8 Å². The number of amides is 2. The maximum atomic E-state index is 12.7. The Balaban J connectivity index is 1.33. The van der Waals surface area contributed by atoms with Crippen molar-refractivity contribution in [2.45, 2.75) is 37.8 Å². The van der Waals surface area contributed by atoms with Gasteiger partial charge in [0, 0.05) is 31.7 Å². The second-order valence-corrected chi connectivity index (χ2v) is 7.85. The summed E-state index contributed by atoms with van der Waals surface area (Å²) in [5, 5.41) is 17.8. The van der Waals surface area contributed by atoms with E-state index in [0.29, 0.717) is 42.1 Å². The number of hydrogen-bond acceptors (Lipinski definition) is 6. The molecule has 5 rings (SSSR count). The number of rotatable bonds is 3. The second kappa shape index (κ2) is 6.56. The molecule has 0 aromatic carbocycles. The molecule has 2 amide bonds. The molecule has 0 radical (unpaired) electrons. The summed E-state index contributed by atoms with van der Waals surface area (Å²) in [7, 11) is 0.